The predicted octanol–water partition coefficient (Wildman–Crippen LogP) is 4.20. The van der Waals surface area contributed by atoms with E-state index in [-0.39, 0.29) is 29.8 Å². The molecule has 1 atom stereocenters. The van der Waals surface area contributed by atoms with E-state index in [1.54, 1.807) is 22.2 Å². The smallest absolute Gasteiger partial charge is 0.262 e. The van der Waals surface area contributed by atoms with E-state index in [0.29, 0.717) is 13.2 Å². The molecule has 2 heterocycles. The number of aryl methyl sites for hydroxylation is 2. The molecule has 0 bridgehead atoms. The van der Waals surface area contributed by atoms with Crippen molar-refractivity contribution < 1.29 is 13.5 Å². The van der Waals surface area contributed by atoms with Gasteiger partial charge in [0.15, 0.2) is 0 Å². The molecular formula is C23H27F2N3O2S. The summed E-state index contributed by atoms with van der Waals surface area (Å²) in [5.74, 6) is -1.07. The molecule has 1 aliphatic carbocycles. The Balaban J connectivity index is 1.46. The second-order valence-corrected chi connectivity index (χ2v) is 9.30. The fourth-order valence-corrected chi connectivity index (χ4v) is 5.29. The van der Waals surface area contributed by atoms with Gasteiger partial charge in [-0.1, -0.05) is 6.07 Å². The van der Waals surface area contributed by atoms with E-state index in [1.165, 1.54) is 18.2 Å². The first-order valence-electron chi connectivity index (χ1n) is 10.7. The highest BCUT2D eigenvalue weighted by Crippen LogP contribution is 2.33. The first kappa shape index (κ1) is 22.0. The Hall–Kier alpha value is -2.16. The number of nitrogens with one attached hydrogen (secondary N) is 1. The molecule has 1 N–H and O–H groups in total. The third-order valence-corrected chi connectivity index (χ3v) is 6.82. The highest BCUT2D eigenvalue weighted by Gasteiger charge is 2.25. The number of aromatic nitrogens is 2. The fraction of sp³-hybridized carbons (Fsp3) is 0.478. The molecule has 0 saturated heterocycles. The van der Waals surface area contributed by atoms with Crippen LogP contribution in [-0.2, 0) is 30.7 Å². The van der Waals surface area contributed by atoms with Crippen molar-refractivity contribution in [3.63, 3.8) is 0 Å². The number of benzene rings is 1. The second-order valence-electron chi connectivity index (χ2n) is 8.22. The number of nitrogens with zero attached hydrogens (tertiary/aromatic N) is 2. The van der Waals surface area contributed by atoms with E-state index in [1.807, 2.05) is 13.8 Å². The first-order chi connectivity index (χ1) is 14.9. The summed E-state index contributed by atoms with van der Waals surface area (Å²) in [5, 5.41) is 4.01. The number of halogens is 2. The Kier molecular flexibility index (Phi) is 6.79. The Morgan fingerprint density at radius 3 is 2.84 bits per heavy atom. The van der Waals surface area contributed by atoms with Gasteiger partial charge in [-0.2, -0.15) is 0 Å². The van der Waals surface area contributed by atoms with Crippen molar-refractivity contribution in [3.05, 3.63) is 62.5 Å². The molecule has 3 aromatic rings. The predicted molar refractivity (Wildman–Crippen MR) is 119 cm³/mol. The molecule has 0 unspecified atom stereocenters. The lowest BCUT2D eigenvalue weighted by Crippen LogP contribution is -2.34. The molecule has 0 amide bonds. The number of ether oxygens (including phenoxy) is 1. The van der Waals surface area contributed by atoms with Gasteiger partial charge in [-0.15, -0.1) is 11.3 Å². The number of rotatable bonds is 8. The monoisotopic (exact) mass is 447 g/mol. The summed E-state index contributed by atoms with van der Waals surface area (Å²) in [5.41, 5.74) is 1.16. The van der Waals surface area contributed by atoms with Gasteiger partial charge in [-0.3, -0.25) is 9.36 Å². The molecule has 4 rings (SSSR count). The summed E-state index contributed by atoms with van der Waals surface area (Å²) in [6, 6.07) is 4.03. The summed E-state index contributed by atoms with van der Waals surface area (Å²) in [4.78, 5) is 19.5. The minimum absolute atomic E-state index is 0.00637. The Morgan fingerprint density at radius 1 is 1.32 bits per heavy atom. The highest BCUT2D eigenvalue weighted by atomic mass is 32.1. The average Bonchev–Trinajstić information content (AvgIpc) is 3.10. The SMILES string of the molecule is CC(C)OCCCn1cnc2sc3c(c2c1=O)CC[C@H](NCc1c(F)cccc1F)C3. The van der Waals surface area contributed by atoms with Gasteiger partial charge in [-0.05, 0) is 57.2 Å². The third kappa shape index (κ3) is 4.86. The van der Waals surface area contributed by atoms with Crippen LogP contribution in [0.5, 0.6) is 0 Å². The summed E-state index contributed by atoms with van der Waals surface area (Å²) >= 11 is 1.55. The van der Waals surface area contributed by atoms with Crippen molar-refractivity contribution in [2.75, 3.05) is 6.61 Å². The van der Waals surface area contributed by atoms with E-state index < -0.39 is 11.6 Å². The zero-order valence-electron chi connectivity index (χ0n) is 17.8. The number of hydrogen-bond donors (Lipinski definition) is 1. The molecule has 2 aromatic heterocycles. The van der Waals surface area contributed by atoms with Crippen LogP contribution in [0.2, 0.25) is 0 Å². The average molecular weight is 448 g/mol. The van der Waals surface area contributed by atoms with Gasteiger partial charge in [0.25, 0.3) is 5.56 Å². The van der Waals surface area contributed by atoms with Gasteiger partial charge >= 0.3 is 0 Å². The summed E-state index contributed by atoms with van der Waals surface area (Å²) in [6.07, 6.45) is 4.86. The van der Waals surface area contributed by atoms with Gasteiger partial charge in [0.2, 0.25) is 0 Å². The lowest BCUT2D eigenvalue weighted by Gasteiger charge is -2.23. The summed E-state index contributed by atoms with van der Waals surface area (Å²) in [7, 11) is 0. The molecule has 0 fully saturated rings. The molecule has 0 spiro atoms. The van der Waals surface area contributed by atoms with Crippen LogP contribution in [-0.4, -0.2) is 28.3 Å². The molecule has 0 saturated carbocycles. The maximum Gasteiger partial charge on any atom is 0.262 e. The molecule has 31 heavy (non-hydrogen) atoms. The maximum atomic E-state index is 13.9. The van der Waals surface area contributed by atoms with Crippen LogP contribution >= 0.6 is 11.3 Å². The fourth-order valence-electron chi connectivity index (χ4n) is 4.04. The van der Waals surface area contributed by atoms with Crippen LogP contribution < -0.4 is 10.9 Å². The second kappa shape index (κ2) is 9.54. The Labute approximate surface area is 184 Å². The standard InChI is InChI=1S/C23H27F2N3O2S/c1-14(2)30-10-4-9-28-13-27-22-21(23(28)29)16-8-7-15(11-20(16)31-22)26-12-17-18(24)5-3-6-19(17)25/h3,5-6,13-15,26H,4,7-12H2,1-2H3/t15-/m0/s1. The van der Waals surface area contributed by atoms with Crippen molar-refractivity contribution in [1.82, 2.24) is 14.9 Å². The number of hydrogen-bond acceptors (Lipinski definition) is 5. The first-order valence-corrected chi connectivity index (χ1v) is 11.5. The molecular weight excluding hydrogens is 420 g/mol. The van der Waals surface area contributed by atoms with Gasteiger partial charge in [0.1, 0.15) is 16.5 Å². The molecule has 1 aliphatic rings. The van der Waals surface area contributed by atoms with Crippen molar-refractivity contribution >= 4 is 21.6 Å². The van der Waals surface area contributed by atoms with Crippen molar-refractivity contribution in [1.29, 1.82) is 0 Å². The van der Waals surface area contributed by atoms with Gasteiger partial charge in [0.05, 0.1) is 17.8 Å². The number of fused-ring (bicyclic) bond motifs is 3. The van der Waals surface area contributed by atoms with Gasteiger partial charge in [-0.25, -0.2) is 13.8 Å². The van der Waals surface area contributed by atoms with E-state index in [2.05, 4.69) is 10.3 Å². The van der Waals surface area contributed by atoms with Crippen LogP contribution in [0.3, 0.4) is 0 Å². The van der Waals surface area contributed by atoms with Gasteiger partial charge < -0.3 is 10.1 Å². The Bertz CT molecular complexity index is 1110. The molecule has 5 nitrogen and oxygen atoms in total. The van der Waals surface area contributed by atoms with Crippen LogP contribution in [0.1, 0.15) is 42.7 Å². The highest BCUT2D eigenvalue weighted by molar-refractivity contribution is 7.18. The van der Waals surface area contributed by atoms with E-state index >= 15 is 0 Å². The Morgan fingerprint density at radius 2 is 2.10 bits per heavy atom. The van der Waals surface area contributed by atoms with E-state index in [4.69, 9.17) is 4.74 Å². The van der Waals surface area contributed by atoms with Crippen LogP contribution in [0.4, 0.5) is 8.78 Å². The lowest BCUT2D eigenvalue weighted by atomic mass is 9.93. The minimum Gasteiger partial charge on any atom is -0.379 e. The van der Waals surface area contributed by atoms with Gasteiger partial charge in [0, 0.05) is 36.2 Å². The van der Waals surface area contributed by atoms with Crippen LogP contribution in [0.15, 0.2) is 29.3 Å². The quantitative estimate of drug-likeness (QED) is 0.526. The molecule has 0 aliphatic heterocycles. The third-order valence-electron chi connectivity index (χ3n) is 5.66. The lowest BCUT2D eigenvalue weighted by molar-refractivity contribution is 0.0747. The zero-order valence-corrected chi connectivity index (χ0v) is 18.6. The van der Waals surface area contributed by atoms with Crippen molar-refractivity contribution in [2.24, 2.45) is 0 Å². The van der Waals surface area contributed by atoms with Crippen LogP contribution in [0.25, 0.3) is 10.2 Å². The van der Waals surface area contributed by atoms with Crippen LogP contribution in [0, 0.1) is 11.6 Å². The van der Waals surface area contributed by atoms with Crippen molar-refractivity contribution in [3.8, 4) is 0 Å². The normalized spacial score (nSPS) is 16.2. The topological polar surface area (TPSA) is 56.2 Å². The summed E-state index contributed by atoms with van der Waals surface area (Å²) in [6.45, 7) is 5.32. The zero-order chi connectivity index (χ0) is 22.0. The van der Waals surface area contributed by atoms with Crippen molar-refractivity contribution in [2.45, 2.75) is 64.8 Å². The molecule has 1 aromatic carbocycles. The molecule has 166 valence electrons. The largest absolute Gasteiger partial charge is 0.379 e. The summed E-state index contributed by atoms with van der Waals surface area (Å²) < 4.78 is 35.0. The minimum atomic E-state index is -0.533. The van der Waals surface area contributed by atoms with E-state index in [0.717, 1.165) is 46.3 Å². The molecule has 0 radical (unpaired) electrons. The maximum absolute atomic E-state index is 13.9. The number of thiophene rings is 1. The molecule has 8 heteroatoms. The van der Waals surface area contributed by atoms with E-state index in [9.17, 15) is 13.6 Å².